The second-order valence-corrected chi connectivity index (χ2v) is 11.8. The Morgan fingerprint density at radius 1 is 0.581 bits per heavy atom. The highest BCUT2D eigenvalue weighted by Gasteiger charge is 2.19. The minimum Gasteiger partial charge on any atom is -0.309 e. The quantitative estimate of drug-likeness (QED) is 0.212. The van der Waals surface area contributed by atoms with E-state index in [1.54, 1.807) is 0 Å². The van der Waals surface area contributed by atoms with Crippen molar-refractivity contribution in [1.82, 2.24) is 19.5 Å². The van der Waals surface area contributed by atoms with E-state index in [0.29, 0.717) is 17.5 Å². The van der Waals surface area contributed by atoms with Crippen LogP contribution in [0.25, 0.3) is 67.7 Å². The Balaban J connectivity index is 1.42. The molecular formula is C39H32N4. The van der Waals surface area contributed by atoms with Crippen LogP contribution in [0.2, 0.25) is 0 Å². The van der Waals surface area contributed by atoms with E-state index in [1.807, 2.05) is 66.7 Å². The molecule has 43 heavy (non-hydrogen) atoms. The van der Waals surface area contributed by atoms with Crippen molar-refractivity contribution < 1.29 is 0 Å². The number of nitrogens with zero attached hydrogens (tertiary/aromatic N) is 4. The third-order valence-electron chi connectivity index (χ3n) is 7.99. The molecule has 0 aliphatic carbocycles. The lowest BCUT2D eigenvalue weighted by atomic mass is 9.86. The Morgan fingerprint density at radius 2 is 1.16 bits per heavy atom. The first-order valence-electron chi connectivity index (χ1n) is 14.6. The van der Waals surface area contributed by atoms with Crippen LogP contribution in [-0.4, -0.2) is 19.5 Å². The highest BCUT2D eigenvalue weighted by atomic mass is 15.0. The Bertz CT molecular complexity index is 2060. The predicted molar refractivity (Wildman–Crippen MR) is 179 cm³/mol. The first-order chi connectivity index (χ1) is 20.9. The van der Waals surface area contributed by atoms with Gasteiger partial charge in [-0.1, -0.05) is 118 Å². The van der Waals surface area contributed by atoms with E-state index < -0.39 is 0 Å². The number of para-hydroxylation sites is 1. The number of rotatable bonds is 5. The van der Waals surface area contributed by atoms with Gasteiger partial charge in [0, 0.05) is 33.2 Å². The maximum atomic E-state index is 4.96. The molecule has 7 rings (SSSR count). The molecule has 0 fully saturated rings. The van der Waals surface area contributed by atoms with Crippen molar-refractivity contribution in [1.29, 1.82) is 0 Å². The van der Waals surface area contributed by atoms with Crippen LogP contribution in [0, 0.1) is 0 Å². The molecule has 0 unspecified atom stereocenters. The predicted octanol–water partition coefficient (Wildman–Crippen LogP) is 9.91. The van der Waals surface area contributed by atoms with Gasteiger partial charge in [-0.05, 0) is 52.9 Å². The number of hydrogen-bond acceptors (Lipinski definition) is 3. The van der Waals surface area contributed by atoms with Gasteiger partial charge in [0.1, 0.15) is 0 Å². The van der Waals surface area contributed by atoms with Crippen molar-refractivity contribution in [3.8, 4) is 39.9 Å². The fourth-order valence-corrected chi connectivity index (χ4v) is 5.71. The van der Waals surface area contributed by atoms with Crippen molar-refractivity contribution in [3.05, 3.63) is 139 Å². The van der Waals surface area contributed by atoms with Crippen LogP contribution in [0.15, 0.2) is 128 Å². The van der Waals surface area contributed by atoms with Crippen molar-refractivity contribution in [3.63, 3.8) is 0 Å². The Kier molecular flexibility index (Phi) is 6.47. The van der Waals surface area contributed by atoms with Crippen LogP contribution in [0.5, 0.6) is 0 Å². The second-order valence-electron chi connectivity index (χ2n) is 11.8. The van der Waals surface area contributed by atoms with E-state index in [9.17, 15) is 0 Å². The fraction of sp³-hybridized carbons (Fsp3) is 0.103. The van der Waals surface area contributed by atoms with Gasteiger partial charge in [0.2, 0.25) is 0 Å². The van der Waals surface area contributed by atoms with Crippen LogP contribution < -0.4 is 0 Å². The molecule has 0 bridgehead atoms. The van der Waals surface area contributed by atoms with Gasteiger partial charge in [-0.15, -0.1) is 0 Å². The van der Waals surface area contributed by atoms with Crippen molar-refractivity contribution in [2.45, 2.75) is 26.2 Å². The molecule has 0 atom stereocenters. The lowest BCUT2D eigenvalue weighted by molar-refractivity contribution is 0.591. The van der Waals surface area contributed by atoms with E-state index >= 15 is 0 Å². The maximum Gasteiger partial charge on any atom is 0.164 e. The summed E-state index contributed by atoms with van der Waals surface area (Å²) in [5.74, 6) is 1.90. The molecule has 4 nitrogen and oxygen atoms in total. The minimum absolute atomic E-state index is 0.0663. The highest BCUT2D eigenvalue weighted by Crippen LogP contribution is 2.36. The molecule has 4 heteroatoms. The largest absolute Gasteiger partial charge is 0.309 e. The lowest BCUT2D eigenvalue weighted by Gasteiger charge is -2.19. The molecule has 7 aromatic rings. The first-order valence-corrected chi connectivity index (χ1v) is 14.6. The normalized spacial score (nSPS) is 11.7. The molecule has 0 saturated heterocycles. The third kappa shape index (κ3) is 4.81. The van der Waals surface area contributed by atoms with E-state index in [0.717, 1.165) is 27.9 Å². The second kappa shape index (κ2) is 10.5. The first kappa shape index (κ1) is 26.5. The highest BCUT2D eigenvalue weighted by molar-refractivity contribution is 6.09. The smallest absolute Gasteiger partial charge is 0.164 e. The number of aromatic nitrogens is 4. The summed E-state index contributed by atoms with van der Waals surface area (Å²) in [7, 11) is 0. The molecule has 2 heterocycles. The van der Waals surface area contributed by atoms with Crippen LogP contribution in [0.4, 0.5) is 0 Å². The summed E-state index contributed by atoms with van der Waals surface area (Å²) in [5, 5.41) is 2.50. The Hall–Kier alpha value is -5.35. The molecular weight excluding hydrogens is 524 g/mol. The number of hydrogen-bond donors (Lipinski definition) is 0. The van der Waals surface area contributed by atoms with Crippen LogP contribution in [-0.2, 0) is 5.41 Å². The van der Waals surface area contributed by atoms with Gasteiger partial charge in [-0.2, -0.15) is 0 Å². The zero-order chi connectivity index (χ0) is 29.6. The summed E-state index contributed by atoms with van der Waals surface area (Å²) >= 11 is 0. The average molecular weight is 557 g/mol. The lowest BCUT2D eigenvalue weighted by Crippen LogP contribution is -2.10. The molecule has 0 N–H and O–H groups in total. The van der Waals surface area contributed by atoms with E-state index in [1.165, 1.54) is 27.4 Å². The van der Waals surface area contributed by atoms with Gasteiger partial charge in [0.25, 0.3) is 0 Å². The molecule has 0 aliphatic rings. The van der Waals surface area contributed by atoms with Gasteiger partial charge >= 0.3 is 0 Å². The van der Waals surface area contributed by atoms with Crippen molar-refractivity contribution in [2.75, 3.05) is 0 Å². The molecule has 0 aliphatic heterocycles. The standard InChI is InChI=1S/C39H32N4/c1-5-26-24-30(43-34-19-13-12-18-32(34)33-25-29(39(2,3)4)20-23-35(33)43)21-22-31(26)38-41-36(27-14-8-6-9-15-27)40-37(42-38)28-16-10-7-11-17-28/h5-25H,1H2,2-4H3. The fourth-order valence-electron chi connectivity index (χ4n) is 5.71. The Labute approximate surface area is 252 Å². The minimum atomic E-state index is 0.0663. The van der Waals surface area contributed by atoms with Gasteiger partial charge in [-0.25, -0.2) is 15.0 Å². The summed E-state index contributed by atoms with van der Waals surface area (Å²) in [5.41, 5.74) is 8.55. The van der Waals surface area contributed by atoms with Gasteiger partial charge in [0.15, 0.2) is 17.5 Å². The van der Waals surface area contributed by atoms with Crippen molar-refractivity contribution >= 4 is 27.9 Å². The van der Waals surface area contributed by atoms with Crippen LogP contribution in [0.3, 0.4) is 0 Å². The Morgan fingerprint density at radius 3 is 1.79 bits per heavy atom. The molecule has 0 saturated carbocycles. The molecule has 0 radical (unpaired) electrons. The summed E-state index contributed by atoms with van der Waals surface area (Å²) in [6, 6.07) is 42.0. The third-order valence-corrected chi connectivity index (χ3v) is 7.99. The van der Waals surface area contributed by atoms with E-state index in [2.05, 4.69) is 92.6 Å². The SMILES string of the molecule is C=Cc1cc(-n2c3ccccc3c3cc(C(C)(C)C)ccc32)ccc1-c1nc(-c2ccccc2)nc(-c2ccccc2)n1. The number of fused-ring (bicyclic) bond motifs is 3. The molecule has 0 spiro atoms. The van der Waals surface area contributed by atoms with E-state index in [-0.39, 0.29) is 5.41 Å². The van der Waals surface area contributed by atoms with Gasteiger partial charge < -0.3 is 4.57 Å². The van der Waals surface area contributed by atoms with Gasteiger partial charge in [-0.3, -0.25) is 0 Å². The summed E-state index contributed by atoms with van der Waals surface area (Å²) in [4.78, 5) is 14.8. The average Bonchev–Trinajstić information content (AvgIpc) is 3.38. The van der Waals surface area contributed by atoms with Crippen molar-refractivity contribution in [2.24, 2.45) is 0 Å². The van der Waals surface area contributed by atoms with Crippen LogP contribution in [0.1, 0.15) is 31.9 Å². The topological polar surface area (TPSA) is 43.6 Å². The molecule has 2 aromatic heterocycles. The summed E-state index contributed by atoms with van der Waals surface area (Å²) in [6.45, 7) is 11.0. The number of benzene rings is 5. The molecule has 5 aromatic carbocycles. The maximum absolute atomic E-state index is 4.96. The van der Waals surface area contributed by atoms with Gasteiger partial charge in [0.05, 0.1) is 11.0 Å². The van der Waals surface area contributed by atoms with E-state index in [4.69, 9.17) is 15.0 Å². The summed E-state index contributed by atoms with van der Waals surface area (Å²) in [6.07, 6.45) is 1.89. The zero-order valence-corrected chi connectivity index (χ0v) is 24.6. The van der Waals surface area contributed by atoms with Crippen LogP contribution >= 0.6 is 0 Å². The monoisotopic (exact) mass is 556 g/mol. The summed E-state index contributed by atoms with van der Waals surface area (Å²) < 4.78 is 2.34. The zero-order valence-electron chi connectivity index (χ0n) is 24.6. The molecule has 208 valence electrons. The molecule has 0 amide bonds.